The van der Waals surface area contributed by atoms with Crippen LogP contribution in [-0.4, -0.2) is 35.8 Å². The Hall–Kier alpha value is -2.25. The van der Waals surface area contributed by atoms with Gasteiger partial charge in [-0.3, -0.25) is 14.3 Å². The number of aromatic nitrogens is 1. The van der Waals surface area contributed by atoms with Gasteiger partial charge in [0.2, 0.25) is 0 Å². The van der Waals surface area contributed by atoms with Crippen LogP contribution in [0, 0.1) is 0 Å². The van der Waals surface area contributed by atoms with Crippen LogP contribution in [0.25, 0.3) is 6.08 Å². The van der Waals surface area contributed by atoms with Gasteiger partial charge in [0.15, 0.2) is 4.80 Å². The summed E-state index contributed by atoms with van der Waals surface area (Å²) in [6, 6.07) is 10.2. The quantitative estimate of drug-likeness (QED) is 0.738. The molecule has 1 aliphatic heterocycles. The lowest BCUT2D eigenvalue weighted by molar-refractivity contribution is -0.133. The van der Waals surface area contributed by atoms with E-state index in [0.29, 0.717) is 22.7 Å². The number of carbonyl (C=O) groups is 1. The molecule has 0 amide bonds. The summed E-state index contributed by atoms with van der Waals surface area (Å²) in [5, 5.41) is 0. The number of rotatable bonds is 4. The molecule has 0 bridgehead atoms. The monoisotopic (exact) mass is 331 g/mol. The first-order valence-electron chi connectivity index (χ1n) is 7.27. The van der Waals surface area contributed by atoms with Crippen LogP contribution < -0.4 is 14.9 Å². The van der Waals surface area contributed by atoms with Crippen molar-refractivity contribution in [2.24, 2.45) is 4.99 Å². The van der Waals surface area contributed by atoms with E-state index in [1.54, 1.807) is 4.57 Å². The summed E-state index contributed by atoms with van der Waals surface area (Å²) >= 11 is 1.22. The molecule has 120 valence electrons. The molecule has 0 fully saturated rings. The van der Waals surface area contributed by atoms with Crippen molar-refractivity contribution in [3.05, 3.63) is 55.6 Å². The smallest absolute Gasteiger partial charge is 0.332 e. The van der Waals surface area contributed by atoms with Gasteiger partial charge in [0.05, 0.1) is 20.4 Å². The number of ether oxygens (including phenoxy) is 1. The fourth-order valence-electron chi connectivity index (χ4n) is 2.40. The summed E-state index contributed by atoms with van der Waals surface area (Å²) in [6.07, 6.45) is 2.13. The molecule has 23 heavy (non-hydrogen) atoms. The fourth-order valence-corrected chi connectivity index (χ4v) is 3.32. The topological polar surface area (TPSA) is 63.9 Å². The zero-order chi connectivity index (χ0) is 16.2. The van der Waals surface area contributed by atoms with Crippen molar-refractivity contribution in [2.45, 2.75) is 13.1 Å². The summed E-state index contributed by atoms with van der Waals surface area (Å²) in [7, 11) is 1.29. The van der Waals surface area contributed by atoms with Crippen molar-refractivity contribution in [1.29, 1.82) is 0 Å². The Morgan fingerprint density at radius 2 is 2.17 bits per heavy atom. The van der Waals surface area contributed by atoms with Gasteiger partial charge in [-0.25, -0.2) is 9.79 Å². The average Bonchev–Trinajstić information content (AvgIpc) is 2.89. The SMILES string of the molecule is COC(=O)C=c1sc2n(c1=O)CN(CCc1ccccc1)CN=2. The van der Waals surface area contributed by atoms with Gasteiger partial charge in [-0.2, -0.15) is 0 Å². The van der Waals surface area contributed by atoms with Crippen LogP contribution in [0.4, 0.5) is 0 Å². The van der Waals surface area contributed by atoms with E-state index in [1.807, 2.05) is 18.2 Å². The first-order valence-corrected chi connectivity index (χ1v) is 8.09. The van der Waals surface area contributed by atoms with Crippen molar-refractivity contribution in [1.82, 2.24) is 9.47 Å². The van der Waals surface area contributed by atoms with Crippen LogP contribution in [-0.2, 0) is 22.6 Å². The third kappa shape index (κ3) is 3.57. The Morgan fingerprint density at radius 3 is 2.91 bits per heavy atom. The van der Waals surface area contributed by atoms with E-state index in [0.717, 1.165) is 13.0 Å². The molecule has 7 heteroatoms. The first kappa shape index (κ1) is 15.6. The van der Waals surface area contributed by atoms with Crippen LogP contribution in [0.1, 0.15) is 5.56 Å². The molecule has 0 saturated carbocycles. The van der Waals surface area contributed by atoms with E-state index in [4.69, 9.17) is 0 Å². The number of thiazole rings is 1. The Labute approximate surface area is 137 Å². The second kappa shape index (κ2) is 6.89. The number of hydrogen-bond donors (Lipinski definition) is 0. The molecule has 1 aliphatic rings. The van der Waals surface area contributed by atoms with Gasteiger partial charge in [-0.1, -0.05) is 41.7 Å². The van der Waals surface area contributed by atoms with E-state index < -0.39 is 5.97 Å². The summed E-state index contributed by atoms with van der Waals surface area (Å²) in [6.45, 7) is 1.88. The zero-order valence-corrected chi connectivity index (χ0v) is 13.6. The maximum Gasteiger partial charge on any atom is 0.332 e. The van der Waals surface area contributed by atoms with Crippen molar-refractivity contribution >= 4 is 23.4 Å². The van der Waals surface area contributed by atoms with E-state index in [1.165, 1.54) is 30.1 Å². The second-order valence-electron chi connectivity index (χ2n) is 5.22. The maximum atomic E-state index is 12.3. The highest BCUT2D eigenvalue weighted by Gasteiger charge is 2.15. The average molecular weight is 331 g/mol. The molecule has 3 rings (SSSR count). The highest BCUT2D eigenvalue weighted by atomic mass is 32.1. The first-order chi connectivity index (χ1) is 11.2. The maximum absolute atomic E-state index is 12.3. The predicted octanol–water partition coefficient (Wildman–Crippen LogP) is -0.0438. The van der Waals surface area contributed by atoms with Gasteiger partial charge in [0.1, 0.15) is 4.53 Å². The minimum Gasteiger partial charge on any atom is -0.466 e. The minimum atomic E-state index is -0.526. The molecule has 0 aliphatic carbocycles. The zero-order valence-electron chi connectivity index (χ0n) is 12.8. The fraction of sp³-hybridized carbons (Fsp3) is 0.312. The van der Waals surface area contributed by atoms with Gasteiger partial charge >= 0.3 is 5.97 Å². The van der Waals surface area contributed by atoms with E-state index >= 15 is 0 Å². The van der Waals surface area contributed by atoms with E-state index in [2.05, 4.69) is 26.8 Å². The standard InChI is InChI=1S/C16H17N3O3S/c1-22-14(20)9-13-15(21)19-11-18(10-17-16(19)23-13)8-7-12-5-3-2-4-6-12/h2-6,9H,7-8,10-11H2,1H3. The third-order valence-electron chi connectivity index (χ3n) is 3.65. The molecule has 1 aromatic carbocycles. The molecule has 0 atom stereocenters. The van der Waals surface area contributed by atoms with Gasteiger partial charge in [0.25, 0.3) is 5.56 Å². The Bertz CT molecular complexity index is 870. The van der Waals surface area contributed by atoms with Gasteiger partial charge in [-0.15, -0.1) is 0 Å². The molecule has 0 saturated heterocycles. The van der Waals surface area contributed by atoms with Crippen LogP contribution in [0.5, 0.6) is 0 Å². The van der Waals surface area contributed by atoms with Crippen molar-refractivity contribution < 1.29 is 9.53 Å². The number of carbonyl (C=O) groups excluding carboxylic acids is 1. The largest absolute Gasteiger partial charge is 0.466 e. The molecule has 0 radical (unpaired) electrons. The lowest BCUT2D eigenvalue weighted by atomic mass is 10.1. The Balaban J connectivity index is 1.75. The number of esters is 1. The lowest BCUT2D eigenvalue weighted by Crippen LogP contribution is -2.43. The lowest BCUT2D eigenvalue weighted by Gasteiger charge is -2.23. The Kier molecular flexibility index (Phi) is 4.68. The third-order valence-corrected chi connectivity index (χ3v) is 4.69. The van der Waals surface area contributed by atoms with E-state index in [9.17, 15) is 9.59 Å². The number of nitrogens with zero attached hydrogens (tertiary/aromatic N) is 3. The van der Waals surface area contributed by atoms with Crippen LogP contribution in [0.2, 0.25) is 0 Å². The van der Waals surface area contributed by atoms with Gasteiger partial charge in [-0.05, 0) is 12.0 Å². The van der Waals surface area contributed by atoms with Crippen LogP contribution in [0.15, 0.2) is 40.1 Å². The predicted molar refractivity (Wildman–Crippen MR) is 87.6 cm³/mol. The molecule has 1 aromatic heterocycles. The van der Waals surface area contributed by atoms with Crippen LogP contribution >= 0.6 is 11.3 Å². The van der Waals surface area contributed by atoms with Crippen molar-refractivity contribution in [3.8, 4) is 0 Å². The van der Waals surface area contributed by atoms with E-state index in [-0.39, 0.29) is 5.56 Å². The molecular weight excluding hydrogens is 314 g/mol. The molecule has 6 nitrogen and oxygen atoms in total. The van der Waals surface area contributed by atoms with Crippen LogP contribution in [0.3, 0.4) is 0 Å². The Morgan fingerprint density at radius 1 is 1.39 bits per heavy atom. The summed E-state index contributed by atoms with van der Waals surface area (Å²) < 4.78 is 6.54. The highest BCUT2D eigenvalue weighted by molar-refractivity contribution is 7.07. The minimum absolute atomic E-state index is 0.191. The van der Waals surface area contributed by atoms with Gasteiger partial charge in [0, 0.05) is 12.6 Å². The summed E-state index contributed by atoms with van der Waals surface area (Å²) in [5.74, 6) is -0.526. The molecule has 0 unspecified atom stereocenters. The van der Waals surface area contributed by atoms with Gasteiger partial charge < -0.3 is 4.74 Å². The number of fused-ring (bicyclic) bond motifs is 1. The number of benzene rings is 1. The normalized spacial score (nSPS) is 15.1. The second-order valence-corrected chi connectivity index (χ2v) is 6.23. The summed E-state index contributed by atoms with van der Waals surface area (Å²) in [4.78, 5) is 30.8. The molecule has 2 aromatic rings. The molecule has 0 N–H and O–H groups in total. The van der Waals surface area contributed by atoms with Crippen molar-refractivity contribution in [2.75, 3.05) is 20.3 Å². The highest BCUT2D eigenvalue weighted by Crippen LogP contribution is 2.03. The molecular formula is C16H17N3O3S. The van der Waals surface area contributed by atoms with Crippen molar-refractivity contribution in [3.63, 3.8) is 0 Å². The number of hydrogen-bond acceptors (Lipinski definition) is 6. The molecule has 2 heterocycles. The summed E-state index contributed by atoms with van der Waals surface area (Å²) in [5.41, 5.74) is 1.07. The molecule has 0 spiro atoms. The number of methoxy groups -OCH3 is 1.